The number of amides is 1. The number of aromatic amines is 1. The highest BCUT2D eigenvalue weighted by Gasteiger charge is 2.19. The summed E-state index contributed by atoms with van der Waals surface area (Å²) in [6, 6.07) is 7.80. The number of likely N-dealkylation sites (N-methyl/N-ethyl adjacent to an activating group) is 1. The van der Waals surface area contributed by atoms with E-state index in [1.807, 2.05) is 24.3 Å². The van der Waals surface area contributed by atoms with E-state index in [4.69, 9.17) is 4.74 Å². The van der Waals surface area contributed by atoms with E-state index in [0.717, 1.165) is 30.6 Å². The van der Waals surface area contributed by atoms with E-state index >= 15 is 0 Å². The van der Waals surface area contributed by atoms with Crippen molar-refractivity contribution in [3.05, 3.63) is 36.0 Å². The molecule has 2 N–H and O–H groups in total. The molecule has 20 heavy (non-hydrogen) atoms. The van der Waals surface area contributed by atoms with Gasteiger partial charge < -0.3 is 19.9 Å². The lowest BCUT2D eigenvalue weighted by atomic mass is 10.1. The Bertz CT molecular complexity index is 608. The van der Waals surface area contributed by atoms with Gasteiger partial charge in [-0.15, -0.1) is 0 Å². The molecule has 1 saturated heterocycles. The maximum atomic E-state index is 12.2. The lowest BCUT2D eigenvalue weighted by molar-refractivity contribution is -0.0174. The molecule has 0 aliphatic carbocycles. The molecule has 1 unspecified atom stereocenters. The summed E-state index contributed by atoms with van der Waals surface area (Å²) in [5.74, 6) is -0.0562. The summed E-state index contributed by atoms with van der Waals surface area (Å²) in [7, 11) is 2.07. The van der Waals surface area contributed by atoms with Gasteiger partial charge in [0.2, 0.25) is 0 Å². The molecular weight excluding hydrogens is 254 g/mol. The summed E-state index contributed by atoms with van der Waals surface area (Å²) >= 11 is 0. The molecule has 2 aromatic rings. The van der Waals surface area contributed by atoms with Crippen molar-refractivity contribution in [3.63, 3.8) is 0 Å². The quantitative estimate of drug-likeness (QED) is 0.884. The molecule has 1 fully saturated rings. The molecule has 5 nitrogen and oxygen atoms in total. The van der Waals surface area contributed by atoms with Crippen molar-refractivity contribution in [2.75, 3.05) is 33.3 Å². The molecule has 2 heterocycles. The van der Waals surface area contributed by atoms with Crippen LogP contribution in [-0.2, 0) is 4.74 Å². The van der Waals surface area contributed by atoms with Gasteiger partial charge in [0.05, 0.1) is 18.3 Å². The number of fused-ring (bicyclic) bond motifs is 1. The third-order valence-corrected chi connectivity index (χ3v) is 3.67. The molecular formula is C15H19N3O2. The number of H-pyrrole nitrogens is 1. The Morgan fingerprint density at radius 3 is 3.20 bits per heavy atom. The fraction of sp³-hybridized carbons (Fsp3) is 0.400. The number of nitrogens with zero attached hydrogens (tertiary/aromatic N) is 1. The van der Waals surface area contributed by atoms with E-state index in [9.17, 15) is 4.79 Å². The molecule has 1 aromatic carbocycles. The second kappa shape index (κ2) is 5.64. The van der Waals surface area contributed by atoms with Crippen LogP contribution < -0.4 is 5.32 Å². The first-order valence-corrected chi connectivity index (χ1v) is 6.88. The number of carbonyl (C=O) groups is 1. The van der Waals surface area contributed by atoms with Crippen LogP contribution in [0.15, 0.2) is 30.5 Å². The second-order valence-electron chi connectivity index (χ2n) is 5.21. The Morgan fingerprint density at radius 2 is 2.35 bits per heavy atom. The van der Waals surface area contributed by atoms with Gasteiger partial charge in [0, 0.05) is 36.7 Å². The zero-order chi connectivity index (χ0) is 13.9. The minimum atomic E-state index is -0.0562. The number of ether oxygens (including phenoxy) is 1. The number of nitrogens with one attached hydrogen (secondary N) is 2. The average Bonchev–Trinajstić information content (AvgIpc) is 2.89. The molecule has 5 heteroatoms. The maximum Gasteiger partial charge on any atom is 0.253 e. The van der Waals surface area contributed by atoms with E-state index in [1.54, 1.807) is 6.20 Å². The summed E-state index contributed by atoms with van der Waals surface area (Å²) in [4.78, 5) is 17.6. The zero-order valence-corrected chi connectivity index (χ0v) is 11.6. The molecule has 1 amide bonds. The highest BCUT2D eigenvalue weighted by atomic mass is 16.5. The number of rotatable bonds is 3. The number of para-hydroxylation sites is 1. The topological polar surface area (TPSA) is 57.4 Å². The van der Waals surface area contributed by atoms with Crippen LogP contribution in [0, 0.1) is 0 Å². The van der Waals surface area contributed by atoms with E-state index in [0.29, 0.717) is 12.1 Å². The van der Waals surface area contributed by atoms with Crippen molar-refractivity contribution >= 4 is 16.8 Å². The van der Waals surface area contributed by atoms with Crippen molar-refractivity contribution in [1.29, 1.82) is 0 Å². The lowest BCUT2D eigenvalue weighted by Crippen LogP contribution is -2.45. The van der Waals surface area contributed by atoms with E-state index < -0.39 is 0 Å². The van der Waals surface area contributed by atoms with Gasteiger partial charge in [-0.1, -0.05) is 18.2 Å². The standard InChI is InChI=1S/C15H19N3O2/c1-18-6-7-20-11(10-18)8-17-15(19)13-9-16-14-5-3-2-4-12(13)14/h2-5,9,11,16H,6-8,10H2,1H3,(H,17,19). The van der Waals surface area contributed by atoms with E-state index in [-0.39, 0.29) is 12.0 Å². The van der Waals surface area contributed by atoms with Crippen LogP contribution in [0.2, 0.25) is 0 Å². The largest absolute Gasteiger partial charge is 0.374 e. The van der Waals surface area contributed by atoms with Gasteiger partial charge in [0.15, 0.2) is 0 Å². The summed E-state index contributed by atoms with van der Waals surface area (Å²) in [6.07, 6.45) is 1.83. The molecule has 3 rings (SSSR count). The number of aromatic nitrogens is 1. The molecule has 0 spiro atoms. The fourth-order valence-corrected chi connectivity index (χ4v) is 2.55. The zero-order valence-electron chi connectivity index (χ0n) is 11.6. The van der Waals surface area contributed by atoms with Gasteiger partial charge in [0.1, 0.15) is 0 Å². The van der Waals surface area contributed by atoms with Crippen LogP contribution >= 0.6 is 0 Å². The van der Waals surface area contributed by atoms with Crippen molar-refractivity contribution < 1.29 is 9.53 Å². The van der Waals surface area contributed by atoms with Gasteiger partial charge in [-0.05, 0) is 13.1 Å². The van der Waals surface area contributed by atoms with Crippen molar-refractivity contribution in [3.8, 4) is 0 Å². The van der Waals surface area contributed by atoms with Crippen LogP contribution in [-0.4, -0.2) is 55.2 Å². The molecule has 0 saturated carbocycles. The minimum Gasteiger partial charge on any atom is -0.374 e. The Morgan fingerprint density at radius 1 is 1.50 bits per heavy atom. The van der Waals surface area contributed by atoms with Crippen LogP contribution in [0.3, 0.4) is 0 Å². The summed E-state index contributed by atoms with van der Waals surface area (Å²) in [6.45, 7) is 3.08. The van der Waals surface area contributed by atoms with Gasteiger partial charge in [-0.25, -0.2) is 0 Å². The summed E-state index contributed by atoms with van der Waals surface area (Å²) in [5.41, 5.74) is 1.66. The molecule has 106 valence electrons. The molecule has 1 aromatic heterocycles. The third kappa shape index (κ3) is 2.69. The summed E-state index contributed by atoms with van der Waals surface area (Å²) < 4.78 is 5.64. The first kappa shape index (κ1) is 13.1. The number of benzene rings is 1. The van der Waals surface area contributed by atoms with Crippen LogP contribution in [0.4, 0.5) is 0 Å². The SMILES string of the molecule is CN1CCOC(CNC(=O)c2c[nH]c3ccccc23)C1. The smallest absolute Gasteiger partial charge is 0.253 e. The van der Waals surface area contributed by atoms with Gasteiger partial charge in [0.25, 0.3) is 5.91 Å². The maximum absolute atomic E-state index is 12.2. The fourth-order valence-electron chi connectivity index (χ4n) is 2.55. The Kier molecular flexibility index (Phi) is 3.71. The number of hydrogen-bond acceptors (Lipinski definition) is 3. The lowest BCUT2D eigenvalue weighted by Gasteiger charge is -2.30. The first-order chi connectivity index (χ1) is 9.74. The molecule has 0 radical (unpaired) electrons. The minimum absolute atomic E-state index is 0.0562. The van der Waals surface area contributed by atoms with E-state index in [1.165, 1.54) is 0 Å². The number of morpholine rings is 1. The highest BCUT2D eigenvalue weighted by Crippen LogP contribution is 2.17. The molecule has 1 aliphatic heterocycles. The normalized spacial score (nSPS) is 20.1. The second-order valence-corrected chi connectivity index (χ2v) is 5.21. The van der Waals surface area contributed by atoms with Crippen LogP contribution in [0.1, 0.15) is 10.4 Å². The first-order valence-electron chi connectivity index (χ1n) is 6.88. The van der Waals surface area contributed by atoms with Gasteiger partial charge in [-0.2, -0.15) is 0 Å². The van der Waals surface area contributed by atoms with Crippen molar-refractivity contribution in [1.82, 2.24) is 15.2 Å². The highest BCUT2D eigenvalue weighted by molar-refractivity contribution is 6.06. The van der Waals surface area contributed by atoms with Crippen molar-refractivity contribution in [2.45, 2.75) is 6.10 Å². The van der Waals surface area contributed by atoms with Gasteiger partial charge >= 0.3 is 0 Å². The van der Waals surface area contributed by atoms with Gasteiger partial charge in [-0.3, -0.25) is 4.79 Å². The Labute approximate surface area is 117 Å². The van der Waals surface area contributed by atoms with Crippen LogP contribution in [0.5, 0.6) is 0 Å². The predicted octanol–water partition coefficient (Wildman–Crippen LogP) is 1.23. The Balaban J connectivity index is 1.64. The average molecular weight is 273 g/mol. The number of carbonyl (C=O) groups excluding carboxylic acids is 1. The molecule has 1 atom stereocenters. The third-order valence-electron chi connectivity index (χ3n) is 3.67. The molecule has 0 bridgehead atoms. The monoisotopic (exact) mass is 273 g/mol. The van der Waals surface area contributed by atoms with E-state index in [2.05, 4.69) is 22.2 Å². The molecule has 1 aliphatic rings. The van der Waals surface area contributed by atoms with Crippen LogP contribution in [0.25, 0.3) is 10.9 Å². The summed E-state index contributed by atoms with van der Waals surface area (Å²) in [5, 5.41) is 3.91. The van der Waals surface area contributed by atoms with Crippen molar-refractivity contribution in [2.24, 2.45) is 0 Å². The Hall–Kier alpha value is -1.85. The predicted molar refractivity (Wildman–Crippen MR) is 77.9 cm³/mol. The number of hydrogen-bond donors (Lipinski definition) is 2.